The van der Waals surface area contributed by atoms with Crippen molar-refractivity contribution in [2.24, 2.45) is 0 Å². The zero-order valence-electron chi connectivity index (χ0n) is 11.7. The highest BCUT2D eigenvalue weighted by atomic mass is 16.5. The van der Waals surface area contributed by atoms with Crippen LogP contribution in [0.1, 0.15) is 22.0 Å². The first kappa shape index (κ1) is 14.9. The van der Waals surface area contributed by atoms with Crippen LogP contribution in [0.15, 0.2) is 48.5 Å². The molecule has 2 aromatic carbocycles. The summed E-state index contributed by atoms with van der Waals surface area (Å²) >= 11 is 0. The van der Waals surface area contributed by atoms with Crippen molar-refractivity contribution in [2.75, 3.05) is 19.5 Å². The molecule has 1 amide bonds. The maximum absolute atomic E-state index is 12.3. The Morgan fingerprint density at radius 2 is 2.00 bits per heavy atom. The molecule has 0 aromatic heterocycles. The van der Waals surface area contributed by atoms with Crippen LogP contribution in [0.5, 0.6) is 5.75 Å². The van der Waals surface area contributed by atoms with Gasteiger partial charge in [0.25, 0.3) is 5.91 Å². The number of nitrogen functional groups attached to an aromatic ring is 1. The Balaban J connectivity index is 2.21. The maximum atomic E-state index is 12.3. The summed E-state index contributed by atoms with van der Waals surface area (Å²) in [6.45, 7) is -0.187. The highest BCUT2D eigenvalue weighted by Crippen LogP contribution is 2.22. The Morgan fingerprint density at radius 3 is 2.62 bits per heavy atom. The number of benzene rings is 2. The fourth-order valence-corrected chi connectivity index (χ4v) is 2.05. The smallest absolute Gasteiger partial charge is 0.255 e. The van der Waals surface area contributed by atoms with Gasteiger partial charge in [0.1, 0.15) is 5.75 Å². The SMILES string of the molecule is COc1cc(N)ccc1C(=O)NC(CO)c1ccccc1. The molecule has 0 aliphatic heterocycles. The van der Waals surface area contributed by atoms with E-state index in [1.807, 2.05) is 30.3 Å². The largest absolute Gasteiger partial charge is 0.496 e. The molecule has 5 heteroatoms. The lowest BCUT2D eigenvalue weighted by Gasteiger charge is -2.18. The van der Waals surface area contributed by atoms with Gasteiger partial charge in [-0.15, -0.1) is 0 Å². The van der Waals surface area contributed by atoms with E-state index in [9.17, 15) is 9.90 Å². The predicted octanol–water partition coefficient (Wildman–Crippen LogP) is 1.74. The molecule has 0 spiro atoms. The van der Waals surface area contributed by atoms with E-state index in [1.54, 1.807) is 18.2 Å². The summed E-state index contributed by atoms with van der Waals surface area (Å²) in [5.41, 5.74) is 7.40. The van der Waals surface area contributed by atoms with Crippen molar-refractivity contribution in [2.45, 2.75) is 6.04 Å². The normalized spacial score (nSPS) is 11.7. The number of hydrogen-bond acceptors (Lipinski definition) is 4. The van der Waals surface area contributed by atoms with Crippen molar-refractivity contribution < 1.29 is 14.6 Å². The number of methoxy groups -OCH3 is 1. The molecule has 2 aromatic rings. The molecule has 0 fully saturated rings. The van der Waals surface area contributed by atoms with Crippen LogP contribution in [0.4, 0.5) is 5.69 Å². The van der Waals surface area contributed by atoms with Crippen molar-refractivity contribution in [3.63, 3.8) is 0 Å². The second kappa shape index (κ2) is 6.76. The topological polar surface area (TPSA) is 84.6 Å². The molecule has 0 bridgehead atoms. The average molecular weight is 286 g/mol. The van der Waals surface area contributed by atoms with E-state index in [1.165, 1.54) is 7.11 Å². The van der Waals surface area contributed by atoms with Crippen LogP contribution < -0.4 is 15.8 Å². The molecule has 0 saturated carbocycles. The summed E-state index contributed by atoms with van der Waals surface area (Å²) in [5.74, 6) is 0.0759. The van der Waals surface area contributed by atoms with Crippen molar-refractivity contribution in [1.82, 2.24) is 5.32 Å². The lowest BCUT2D eigenvalue weighted by molar-refractivity contribution is 0.0913. The van der Waals surface area contributed by atoms with E-state index in [0.717, 1.165) is 5.56 Å². The molecule has 0 aliphatic rings. The van der Waals surface area contributed by atoms with Crippen LogP contribution in [-0.2, 0) is 0 Å². The number of aliphatic hydroxyl groups excluding tert-OH is 1. The standard InChI is InChI=1S/C16H18N2O3/c1-21-15-9-12(17)7-8-13(15)16(20)18-14(10-19)11-5-3-2-4-6-11/h2-9,14,19H,10,17H2,1H3,(H,18,20). The first-order chi connectivity index (χ1) is 10.2. The number of hydrogen-bond donors (Lipinski definition) is 3. The van der Waals surface area contributed by atoms with Crippen LogP contribution in [0.25, 0.3) is 0 Å². The molecular formula is C16H18N2O3. The van der Waals surface area contributed by atoms with E-state index >= 15 is 0 Å². The second-order valence-electron chi connectivity index (χ2n) is 4.58. The maximum Gasteiger partial charge on any atom is 0.255 e. The van der Waals surface area contributed by atoms with Crippen molar-refractivity contribution in [3.05, 3.63) is 59.7 Å². The molecule has 1 atom stereocenters. The quantitative estimate of drug-likeness (QED) is 0.731. The van der Waals surface area contributed by atoms with Gasteiger partial charge in [0.15, 0.2) is 0 Å². The third-order valence-corrected chi connectivity index (χ3v) is 3.16. The number of amides is 1. The van der Waals surface area contributed by atoms with E-state index < -0.39 is 6.04 Å². The molecule has 2 rings (SSSR count). The van der Waals surface area contributed by atoms with Gasteiger partial charge in [-0.3, -0.25) is 4.79 Å². The number of anilines is 1. The highest BCUT2D eigenvalue weighted by Gasteiger charge is 2.17. The lowest BCUT2D eigenvalue weighted by atomic mass is 10.1. The third kappa shape index (κ3) is 3.52. The molecule has 4 N–H and O–H groups in total. The van der Waals surface area contributed by atoms with Crippen molar-refractivity contribution >= 4 is 11.6 Å². The van der Waals surface area contributed by atoms with Crippen LogP contribution >= 0.6 is 0 Å². The van der Waals surface area contributed by atoms with E-state index in [-0.39, 0.29) is 12.5 Å². The second-order valence-corrected chi connectivity index (χ2v) is 4.58. The zero-order valence-corrected chi connectivity index (χ0v) is 11.7. The van der Waals surface area contributed by atoms with Crippen molar-refractivity contribution in [3.8, 4) is 5.75 Å². The van der Waals surface area contributed by atoms with Gasteiger partial charge in [0, 0.05) is 11.8 Å². The molecule has 21 heavy (non-hydrogen) atoms. The Labute approximate surface area is 123 Å². The minimum Gasteiger partial charge on any atom is -0.496 e. The van der Waals surface area contributed by atoms with Crippen LogP contribution in [0.2, 0.25) is 0 Å². The molecule has 0 saturated heterocycles. The fourth-order valence-electron chi connectivity index (χ4n) is 2.05. The first-order valence-electron chi connectivity index (χ1n) is 6.56. The number of rotatable bonds is 5. The molecule has 5 nitrogen and oxygen atoms in total. The summed E-state index contributed by atoms with van der Waals surface area (Å²) in [4.78, 5) is 12.3. The Bertz CT molecular complexity index is 614. The van der Waals surface area contributed by atoms with Gasteiger partial charge in [-0.1, -0.05) is 30.3 Å². The van der Waals surface area contributed by atoms with E-state index in [0.29, 0.717) is 17.0 Å². The number of aliphatic hydroxyl groups is 1. The Kier molecular flexibility index (Phi) is 4.79. The predicted molar refractivity (Wildman–Crippen MR) is 81.1 cm³/mol. The molecule has 0 heterocycles. The first-order valence-corrected chi connectivity index (χ1v) is 6.56. The van der Waals surface area contributed by atoms with Gasteiger partial charge in [0.05, 0.1) is 25.3 Å². The molecular weight excluding hydrogens is 268 g/mol. The number of nitrogens with one attached hydrogen (secondary N) is 1. The number of ether oxygens (including phenoxy) is 1. The van der Waals surface area contributed by atoms with Gasteiger partial charge < -0.3 is 20.9 Å². The summed E-state index contributed by atoms with van der Waals surface area (Å²) in [6.07, 6.45) is 0. The summed E-state index contributed by atoms with van der Waals surface area (Å²) in [7, 11) is 1.48. The van der Waals surface area contributed by atoms with Gasteiger partial charge in [0.2, 0.25) is 0 Å². The van der Waals surface area contributed by atoms with Crippen LogP contribution in [-0.4, -0.2) is 24.7 Å². The zero-order chi connectivity index (χ0) is 15.2. The van der Waals surface area contributed by atoms with Crippen LogP contribution in [0.3, 0.4) is 0 Å². The fraction of sp³-hybridized carbons (Fsp3) is 0.188. The summed E-state index contributed by atoms with van der Waals surface area (Å²) < 4.78 is 5.16. The monoisotopic (exact) mass is 286 g/mol. The minimum absolute atomic E-state index is 0.187. The number of nitrogens with two attached hydrogens (primary N) is 1. The average Bonchev–Trinajstić information content (AvgIpc) is 2.53. The van der Waals surface area contributed by atoms with Crippen molar-refractivity contribution in [1.29, 1.82) is 0 Å². The van der Waals surface area contributed by atoms with E-state index in [4.69, 9.17) is 10.5 Å². The van der Waals surface area contributed by atoms with Crippen LogP contribution in [0, 0.1) is 0 Å². The summed E-state index contributed by atoms with van der Waals surface area (Å²) in [6, 6.07) is 13.6. The van der Waals surface area contributed by atoms with Gasteiger partial charge in [-0.25, -0.2) is 0 Å². The van der Waals surface area contributed by atoms with Gasteiger partial charge >= 0.3 is 0 Å². The third-order valence-electron chi connectivity index (χ3n) is 3.16. The minimum atomic E-state index is -0.471. The molecule has 1 unspecified atom stereocenters. The Morgan fingerprint density at radius 1 is 1.29 bits per heavy atom. The lowest BCUT2D eigenvalue weighted by Crippen LogP contribution is -2.31. The molecule has 110 valence electrons. The number of carbonyl (C=O) groups excluding carboxylic acids is 1. The molecule has 0 aliphatic carbocycles. The number of carbonyl (C=O) groups is 1. The Hall–Kier alpha value is -2.53. The van der Waals surface area contributed by atoms with E-state index in [2.05, 4.69) is 5.32 Å². The molecule has 0 radical (unpaired) electrons. The van der Waals surface area contributed by atoms with Gasteiger partial charge in [-0.2, -0.15) is 0 Å². The highest BCUT2D eigenvalue weighted by molar-refractivity contribution is 5.97. The van der Waals surface area contributed by atoms with Gasteiger partial charge in [-0.05, 0) is 17.7 Å². The summed E-state index contributed by atoms with van der Waals surface area (Å²) in [5, 5.41) is 12.3.